The van der Waals surface area contributed by atoms with E-state index < -0.39 is 24.1 Å². The van der Waals surface area contributed by atoms with Crippen LogP contribution in [0.2, 0.25) is 0 Å². The third-order valence-corrected chi connectivity index (χ3v) is 8.83. The quantitative estimate of drug-likeness (QED) is 0.323. The number of aliphatic carboxylic acids is 1. The van der Waals surface area contributed by atoms with Gasteiger partial charge >= 0.3 is 12.1 Å². The fraction of sp³-hybridized carbons (Fsp3) is 0.600. The average Bonchev–Trinajstić information content (AvgIpc) is 3.52. The van der Waals surface area contributed by atoms with Gasteiger partial charge in [-0.25, -0.2) is 14.6 Å². The Bertz CT molecular complexity index is 1090. The fourth-order valence-corrected chi connectivity index (χ4v) is 7.20. The lowest BCUT2D eigenvalue weighted by atomic mass is 9.79. The Morgan fingerprint density at radius 3 is 2.81 bits per heavy atom. The second-order valence-electron chi connectivity index (χ2n) is 9.72. The van der Waals surface area contributed by atoms with Crippen molar-refractivity contribution in [3.05, 3.63) is 41.5 Å². The number of methoxy groups -OCH3 is 1. The first kappa shape index (κ1) is 27.2. The van der Waals surface area contributed by atoms with E-state index in [9.17, 15) is 24.6 Å². The minimum absolute atomic E-state index is 0.00347. The topological polar surface area (TPSA) is 134 Å². The van der Waals surface area contributed by atoms with E-state index in [1.807, 2.05) is 11.5 Å². The lowest BCUT2D eigenvalue weighted by Gasteiger charge is -2.46. The maximum Gasteiger partial charge on any atom is 0.410 e. The molecule has 37 heavy (non-hydrogen) atoms. The molecule has 2 N–H and O–H groups in total. The Morgan fingerprint density at radius 2 is 2.16 bits per heavy atom. The number of thioether (sulfide) groups is 1. The van der Waals surface area contributed by atoms with Crippen molar-refractivity contribution in [1.82, 2.24) is 19.4 Å². The van der Waals surface area contributed by atoms with Crippen molar-refractivity contribution in [3.8, 4) is 0 Å². The SMILES string of the molecule is C=CCOC(=O)N1C[C@@H](SC2=C(C(=O)O)N3C(=O)[C@H]([C@@H](C)O)[C@H]3[C@H]2C)C[C@@H]1CCn1cncc1COC. The molecule has 0 spiro atoms. The van der Waals surface area contributed by atoms with Crippen LogP contribution in [0.3, 0.4) is 0 Å². The van der Waals surface area contributed by atoms with Crippen molar-refractivity contribution in [2.45, 2.75) is 63.3 Å². The Kier molecular flexibility index (Phi) is 8.29. The summed E-state index contributed by atoms with van der Waals surface area (Å²) in [6.07, 6.45) is 5.01. The second-order valence-corrected chi connectivity index (χ2v) is 11.1. The molecule has 0 bridgehead atoms. The number of aromatic nitrogens is 2. The van der Waals surface area contributed by atoms with Crippen LogP contribution in [-0.4, -0.2) is 91.2 Å². The molecule has 4 heterocycles. The third kappa shape index (κ3) is 5.14. The summed E-state index contributed by atoms with van der Waals surface area (Å²) in [6, 6.07) is -0.491. The van der Waals surface area contributed by atoms with E-state index in [2.05, 4.69) is 11.6 Å². The number of carboxylic acid groups (broad SMARTS) is 1. The Morgan fingerprint density at radius 1 is 1.41 bits per heavy atom. The van der Waals surface area contributed by atoms with Crippen molar-refractivity contribution in [2.75, 3.05) is 20.3 Å². The van der Waals surface area contributed by atoms with Crippen LogP contribution in [-0.2, 0) is 32.2 Å². The normalized spacial score (nSPS) is 27.8. The molecule has 4 rings (SSSR count). The molecule has 1 aromatic rings. The summed E-state index contributed by atoms with van der Waals surface area (Å²) in [5.74, 6) is -2.35. The number of aryl methyl sites for hydroxylation is 1. The zero-order chi connectivity index (χ0) is 26.9. The maximum absolute atomic E-state index is 12.9. The summed E-state index contributed by atoms with van der Waals surface area (Å²) in [5.41, 5.74) is 0.932. The average molecular weight is 535 g/mol. The van der Waals surface area contributed by atoms with Gasteiger partial charge in [0.05, 0.1) is 42.9 Å². The first-order chi connectivity index (χ1) is 17.7. The highest BCUT2D eigenvalue weighted by Gasteiger charge is 2.60. The molecule has 0 unspecified atom stereocenters. The molecule has 3 aliphatic heterocycles. The van der Waals surface area contributed by atoms with Crippen molar-refractivity contribution < 1.29 is 34.1 Å². The minimum Gasteiger partial charge on any atom is -0.477 e. The molecule has 11 nitrogen and oxygen atoms in total. The van der Waals surface area contributed by atoms with Crippen molar-refractivity contribution in [1.29, 1.82) is 0 Å². The molecule has 1 aromatic heterocycles. The number of rotatable bonds is 11. The molecule has 0 aliphatic carbocycles. The van der Waals surface area contributed by atoms with Crippen LogP contribution in [0.5, 0.6) is 0 Å². The van der Waals surface area contributed by atoms with Crippen LogP contribution in [0.25, 0.3) is 0 Å². The van der Waals surface area contributed by atoms with Gasteiger partial charge in [-0.3, -0.25) is 4.79 Å². The largest absolute Gasteiger partial charge is 0.477 e. The minimum atomic E-state index is -1.16. The van der Waals surface area contributed by atoms with Crippen LogP contribution >= 0.6 is 11.8 Å². The van der Waals surface area contributed by atoms with E-state index >= 15 is 0 Å². The number of aliphatic hydroxyl groups excluding tert-OH is 1. The number of nitrogens with zero attached hydrogens (tertiary/aromatic N) is 4. The van der Waals surface area contributed by atoms with Gasteiger partial charge in [-0.1, -0.05) is 19.6 Å². The number of β-lactam (4-membered cyclic amide) rings is 1. The lowest BCUT2D eigenvalue weighted by molar-refractivity contribution is -0.163. The summed E-state index contributed by atoms with van der Waals surface area (Å²) >= 11 is 1.42. The fourth-order valence-electron chi connectivity index (χ4n) is 5.63. The van der Waals surface area contributed by atoms with E-state index in [4.69, 9.17) is 9.47 Å². The highest BCUT2D eigenvalue weighted by Crippen LogP contribution is 2.52. The van der Waals surface area contributed by atoms with Gasteiger partial charge in [0.1, 0.15) is 12.3 Å². The standard InChI is InChI=1S/C25H34N4O7S/c1-5-8-36-25(34)28-11-18(9-16(28)6-7-27-13-26-10-17(27)12-35-4)37-22-14(2)20-19(15(3)30)23(31)29(20)21(22)24(32)33/h5,10,13-16,18-20,30H,1,6-9,11-12H2,2-4H3,(H,32,33)/t14-,15-,16+,18+,19-,20-/m1/s1. The molecule has 2 fully saturated rings. The molecule has 202 valence electrons. The van der Waals surface area contributed by atoms with E-state index in [0.29, 0.717) is 37.4 Å². The van der Waals surface area contributed by atoms with Gasteiger partial charge in [0.2, 0.25) is 5.91 Å². The number of fused-ring (bicyclic) bond motifs is 1. The molecular formula is C25H34N4O7S. The first-order valence-corrected chi connectivity index (χ1v) is 13.2. The van der Waals surface area contributed by atoms with Gasteiger partial charge in [-0.2, -0.15) is 0 Å². The number of amides is 2. The predicted molar refractivity (Wildman–Crippen MR) is 135 cm³/mol. The Hall–Kier alpha value is -2.83. The smallest absolute Gasteiger partial charge is 0.410 e. The number of aliphatic hydroxyl groups is 1. The Balaban J connectivity index is 1.51. The van der Waals surface area contributed by atoms with E-state index in [1.54, 1.807) is 31.5 Å². The maximum atomic E-state index is 12.9. The molecule has 12 heteroatoms. The number of hydrogen-bond donors (Lipinski definition) is 2. The van der Waals surface area contributed by atoms with Crippen LogP contribution in [0.4, 0.5) is 4.79 Å². The van der Waals surface area contributed by atoms with E-state index in [1.165, 1.54) is 22.7 Å². The number of carboxylic acids is 1. The van der Waals surface area contributed by atoms with Gasteiger partial charge in [0.15, 0.2) is 0 Å². The van der Waals surface area contributed by atoms with Gasteiger partial charge in [0, 0.05) is 42.3 Å². The molecule has 2 amide bonds. The zero-order valence-electron chi connectivity index (χ0n) is 21.3. The van der Waals surface area contributed by atoms with Crippen molar-refractivity contribution in [3.63, 3.8) is 0 Å². The van der Waals surface area contributed by atoms with Gasteiger partial charge < -0.3 is 34.1 Å². The van der Waals surface area contributed by atoms with Crippen molar-refractivity contribution >= 4 is 29.7 Å². The number of hydrogen-bond acceptors (Lipinski definition) is 8. The highest BCUT2D eigenvalue weighted by atomic mass is 32.2. The van der Waals surface area contributed by atoms with E-state index in [0.717, 1.165) is 5.69 Å². The molecule has 0 saturated carbocycles. The number of ether oxygens (including phenoxy) is 2. The van der Waals surface area contributed by atoms with Gasteiger partial charge in [-0.05, 0) is 19.8 Å². The summed E-state index contributed by atoms with van der Waals surface area (Å²) < 4.78 is 12.6. The number of carbonyl (C=O) groups excluding carboxylic acids is 2. The number of carbonyl (C=O) groups is 3. The lowest BCUT2D eigenvalue weighted by Crippen LogP contribution is -2.63. The van der Waals surface area contributed by atoms with Crippen LogP contribution in [0.1, 0.15) is 32.4 Å². The monoisotopic (exact) mass is 534 g/mol. The number of likely N-dealkylation sites (tertiary alicyclic amines) is 1. The highest BCUT2D eigenvalue weighted by molar-refractivity contribution is 8.03. The number of imidazole rings is 1. The molecular weight excluding hydrogens is 500 g/mol. The molecule has 0 radical (unpaired) electrons. The summed E-state index contributed by atoms with van der Waals surface area (Å²) in [5, 5.41) is 20.0. The van der Waals surface area contributed by atoms with Gasteiger partial charge in [0.25, 0.3) is 0 Å². The van der Waals surface area contributed by atoms with E-state index in [-0.39, 0.29) is 41.5 Å². The van der Waals surface area contributed by atoms with Gasteiger partial charge in [-0.15, -0.1) is 11.8 Å². The summed E-state index contributed by atoms with van der Waals surface area (Å²) in [6.45, 7) is 8.62. The first-order valence-electron chi connectivity index (χ1n) is 12.4. The molecule has 3 aliphatic rings. The predicted octanol–water partition coefficient (Wildman–Crippen LogP) is 2.07. The molecule has 2 saturated heterocycles. The van der Waals surface area contributed by atoms with Crippen LogP contribution < -0.4 is 0 Å². The summed E-state index contributed by atoms with van der Waals surface area (Å²) in [7, 11) is 1.62. The second kappa shape index (κ2) is 11.3. The van der Waals surface area contributed by atoms with Crippen LogP contribution in [0.15, 0.2) is 35.8 Å². The zero-order valence-corrected chi connectivity index (χ0v) is 22.1. The third-order valence-electron chi connectivity index (χ3n) is 7.33. The Labute approximate surface area is 220 Å². The molecule has 0 aromatic carbocycles. The van der Waals surface area contributed by atoms with Crippen molar-refractivity contribution in [2.24, 2.45) is 11.8 Å². The molecule has 6 atom stereocenters. The van der Waals surface area contributed by atoms with Crippen LogP contribution in [0, 0.1) is 11.8 Å². The summed E-state index contributed by atoms with van der Waals surface area (Å²) in [4.78, 5) is 45.5.